The quantitative estimate of drug-likeness (QED) is 0.863. The molecule has 1 amide bonds. The molecule has 0 aromatic heterocycles. The number of methoxy groups -OCH3 is 1. The molecule has 1 N–H and O–H groups in total. The number of rotatable bonds is 3. The van der Waals surface area contributed by atoms with E-state index in [1.54, 1.807) is 24.3 Å². The Hall–Kier alpha value is -1.84. The van der Waals surface area contributed by atoms with E-state index < -0.39 is 5.97 Å². The van der Waals surface area contributed by atoms with Crippen molar-refractivity contribution in [2.75, 3.05) is 7.11 Å². The van der Waals surface area contributed by atoms with Gasteiger partial charge in [0.1, 0.15) is 0 Å². The first-order chi connectivity index (χ1) is 9.63. The largest absolute Gasteiger partial charge is 0.465 e. The van der Waals surface area contributed by atoms with Gasteiger partial charge in [-0.25, -0.2) is 4.79 Å². The SMILES string of the molecule is COC(=O)c1ccccc1C(=O)NC1CCCCC1C. The number of nitrogens with one attached hydrogen (secondary N) is 1. The van der Waals surface area contributed by atoms with Gasteiger partial charge in [-0.05, 0) is 30.9 Å². The Kier molecular flexibility index (Phi) is 4.77. The summed E-state index contributed by atoms with van der Waals surface area (Å²) in [5, 5.41) is 3.06. The summed E-state index contributed by atoms with van der Waals surface area (Å²) < 4.78 is 4.72. The van der Waals surface area contributed by atoms with Crippen LogP contribution in [0.15, 0.2) is 24.3 Å². The lowest BCUT2D eigenvalue weighted by Gasteiger charge is -2.29. The molecule has 0 saturated heterocycles. The van der Waals surface area contributed by atoms with Gasteiger partial charge in [-0.15, -0.1) is 0 Å². The van der Waals surface area contributed by atoms with Crippen LogP contribution in [0.5, 0.6) is 0 Å². The number of hydrogen-bond acceptors (Lipinski definition) is 3. The van der Waals surface area contributed by atoms with Crippen LogP contribution in [0.25, 0.3) is 0 Å². The second-order valence-electron chi connectivity index (χ2n) is 5.38. The summed E-state index contributed by atoms with van der Waals surface area (Å²) >= 11 is 0. The summed E-state index contributed by atoms with van der Waals surface area (Å²) in [6, 6.07) is 6.96. The van der Waals surface area contributed by atoms with E-state index in [2.05, 4.69) is 12.2 Å². The van der Waals surface area contributed by atoms with E-state index in [4.69, 9.17) is 4.74 Å². The molecule has 4 heteroatoms. The summed E-state index contributed by atoms with van der Waals surface area (Å²) in [6.45, 7) is 2.16. The van der Waals surface area contributed by atoms with E-state index in [1.165, 1.54) is 13.5 Å². The number of benzene rings is 1. The number of hydrogen-bond donors (Lipinski definition) is 1. The van der Waals surface area contributed by atoms with Crippen molar-refractivity contribution >= 4 is 11.9 Å². The predicted octanol–water partition coefficient (Wildman–Crippen LogP) is 2.78. The highest BCUT2D eigenvalue weighted by Crippen LogP contribution is 2.24. The molecule has 1 aliphatic carbocycles. The van der Waals surface area contributed by atoms with E-state index in [-0.39, 0.29) is 11.9 Å². The number of amides is 1. The Morgan fingerprint density at radius 2 is 1.80 bits per heavy atom. The monoisotopic (exact) mass is 275 g/mol. The number of carbonyl (C=O) groups is 2. The Bertz CT molecular complexity index is 498. The minimum Gasteiger partial charge on any atom is -0.465 e. The third-order valence-electron chi connectivity index (χ3n) is 4.00. The molecule has 4 nitrogen and oxygen atoms in total. The summed E-state index contributed by atoms with van der Waals surface area (Å²) in [7, 11) is 1.32. The van der Waals surface area contributed by atoms with E-state index in [9.17, 15) is 9.59 Å². The van der Waals surface area contributed by atoms with Crippen molar-refractivity contribution in [3.8, 4) is 0 Å². The molecule has 1 fully saturated rings. The molecule has 0 bridgehead atoms. The zero-order valence-electron chi connectivity index (χ0n) is 12.0. The van der Waals surface area contributed by atoms with Crippen LogP contribution >= 0.6 is 0 Å². The van der Waals surface area contributed by atoms with E-state index in [0.717, 1.165) is 19.3 Å². The summed E-state index contributed by atoms with van der Waals surface area (Å²) in [6.07, 6.45) is 4.52. The van der Waals surface area contributed by atoms with Crippen molar-refractivity contribution in [2.24, 2.45) is 5.92 Å². The van der Waals surface area contributed by atoms with Crippen LogP contribution in [-0.2, 0) is 4.74 Å². The fourth-order valence-corrected chi connectivity index (χ4v) is 2.75. The minimum atomic E-state index is -0.479. The summed E-state index contributed by atoms with van der Waals surface area (Å²) in [5.41, 5.74) is 0.702. The van der Waals surface area contributed by atoms with Gasteiger partial charge in [-0.2, -0.15) is 0 Å². The molecule has 108 valence electrons. The molecule has 1 aromatic carbocycles. The molecule has 20 heavy (non-hydrogen) atoms. The fraction of sp³-hybridized carbons (Fsp3) is 0.500. The molecular formula is C16H21NO3. The van der Waals surface area contributed by atoms with Crippen molar-refractivity contribution in [3.05, 3.63) is 35.4 Å². The molecule has 2 unspecified atom stereocenters. The van der Waals surface area contributed by atoms with Crippen molar-refractivity contribution in [3.63, 3.8) is 0 Å². The van der Waals surface area contributed by atoms with Crippen LogP contribution in [0.2, 0.25) is 0 Å². The zero-order chi connectivity index (χ0) is 14.5. The highest BCUT2D eigenvalue weighted by Gasteiger charge is 2.25. The van der Waals surface area contributed by atoms with Gasteiger partial charge in [-0.1, -0.05) is 31.9 Å². The third-order valence-corrected chi connectivity index (χ3v) is 4.00. The van der Waals surface area contributed by atoms with Gasteiger partial charge in [0.2, 0.25) is 0 Å². The first-order valence-corrected chi connectivity index (χ1v) is 7.11. The minimum absolute atomic E-state index is 0.190. The normalized spacial score (nSPS) is 22.1. The Balaban J connectivity index is 2.14. The van der Waals surface area contributed by atoms with Crippen LogP contribution in [0.1, 0.15) is 53.3 Å². The Morgan fingerprint density at radius 1 is 1.15 bits per heavy atom. The molecule has 0 heterocycles. The van der Waals surface area contributed by atoms with Crippen LogP contribution in [0, 0.1) is 5.92 Å². The summed E-state index contributed by atoms with van der Waals surface area (Å²) in [5.74, 6) is -0.185. The first-order valence-electron chi connectivity index (χ1n) is 7.11. The molecule has 1 aliphatic rings. The highest BCUT2D eigenvalue weighted by molar-refractivity contribution is 6.05. The lowest BCUT2D eigenvalue weighted by atomic mass is 9.86. The van der Waals surface area contributed by atoms with Gasteiger partial charge in [0.15, 0.2) is 0 Å². The molecule has 1 aromatic rings. The van der Waals surface area contributed by atoms with Gasteiger partial charge < -0.3 is 10.1 Å². The van der Waals surface area contributed by atoms with Gasteiger partial charge in [0.25, 0.3) is 5.91 Å². The van der Waals surface area contributed by atoms with Crippen molar-refractivity contribution in [1.29, 1.82) is 0 Å². The lowest BCUT2D eigenvalue weighted by molar-refractivity contribution is 0.0595. The number of carbonyl (C=O) groups excluding carboxylic acids is 2. The fourth-order valence-electron chi connectivity index (χ4n) is 2.75. The van der Waals surface area contributed by atoms with Crippen LogP contribution in [0.4, 0.5) is 0 Å². The molecule has 0 radical (unpaired) electrons. The van der Waals surface area contributed by atoms with E-state index >= 15 is 0 Å². The topological polar surface area (TPSA) is 55.4 Å². The zero-order valence-corrected chi connectivity index (χ0v) is 12.0. The highest BCUT2D eigenvalue weighted by atomic mass is 16.5. The molecule has 2 atom stereocenters. The van der Waals surface area contributed by atoms with Gasteiger partial charge >= 0.3 is 5.97 Å². The van der Waals surface area contributed by atoms with E-state index in [1.807, 2.05) is 0 Å². The third kappa shape index (κ3) is 3.18. The second-order valence-corrected chi connectivity index (χ2v) is 5.38. The van der Waals surface area contributed by atoms with E-state index in [0.29, 0.717) is 17.0 Å². The number of ether oxygens (including phenoxy) is 1. The van der Waals surface area contributed by atoms with Crippen molar-refractivity contribution in [2.45, 2.75) is 38.6 Å². The van der Waals surface area contributed by atoms with Gasteiger partial charge in [0.05, 0.1) is 18.2 Å². The first kappa shape index (κ1) is 14.6. The predicted molar refractivity (Wildman–Crippen MR) is 76.7 cm³/mol. The van der Waals surface area contributed by atoms with Crippen molar-refractivity contribution < 1.29 is 14.3 Å². The average Bonchev–Trinajstić information content (AvgIpc) is 2.48. The molecule has 2 rings (SSSR count). The standard InChI is InChI=1S/C16H21NO3/c1-11-7-3-6-10-14(11)17-15(18)12-8-4-5-9-13(12)16(19)20-2/h4-5,8-9,11,14H,3,6-7,10H2,1-2H3,(H,17,18). The van der Waals surface area contributed by atoms with Crippen LogP contribution in [0.3, 0.4) is 0 Å². The average molecular weight is 275 g/mol. The van der Waals surface area contributed by atoms with Crippen LogP contribution < -0.4 is 5.32 Å². The molecule has 1 saturated carbocycles. The summed E-state index contributed by atoms with van der Waals surface area (Å²) in [4.78, 5) is 24.1. The van der Waals surface area contributed by atoms with Gasteiger partial charge in [0, 0.05) is 6.04 Å². The number of esters is 1. The van der Waals surface area contributed by atoms with Gasteiger partial charge in [-0.3, -0.25) is 4.79 Å². The van der Waals surface area contributed by atoms with Crippen LogP contribution in [-0.4, -0.2) is 25.0 Å². The Morgan fingerprint density at radius 3 is 2.45 bits per heavy atom. The second kappa shape index (κ2) is 6.55. The Labute approximate surface area is 119 Å². The maximum atomic E-state index is 12.4. The molecule has 0 spiro atoms. The smallest absolute Gasteiger partial charge is 0.338 e. The van der Waals surface area contributed by atoms with Crippen molar-refractivity contribution in [1.82, 2.24) is 5.32 Å². The lowest BCUT2D eigenvalue weighted by Crippen LogP contribution is -2.41. The molecular weight excluding hydrogens is 254 g/mol. The maximum absolute atomic E-state index is 12.4. The maximum Gasteiger partial charge on any atom is 0.338 e. The molecule has 0 aliphatic heterocycles.